The Morgan fingerprint density at radius 1 is 1.32 bits per heavy atom. The summed E-state index contributed by atoms with van der Waals surface area (Å²) in [6.07, 6.45) is 1.39. The summed E-state index contributed by atoms with van der Waals surface area (Å²) in [7, 11) is 1.54. The molecular formula is C13H14N2O3S. The van der Waals surface area contributed by atoms with E-state index in [1.807, 2.05) is 13.8 Å². The van der Waals surface area contributed by atoms with Crippen molar-refractivity contribution in [1.29, 1.82) is 0 Å². The predicted octanol–water partition coefficient (Wildman–Crippen LogP) is 1.11. The minimum absolute atomic E-state index is 0.216. The average Bonchev–Trinajstić information content (AvgIpc) is 2.69. The Kier molecular flexibility index (Phi) is 3.53. The molecule has 6 heteroatoms. The van der Waals surface area contributed by atoms with Crippen LogP contribution in [0.5, 0.6) is 0 Å². The number of carbonyl (C=O) groups is 1. The Morgan fingerprint density at radius 2 is 2.00 bits per heavy atom. The summed E-state index contributed by atoms with van der Waals surface area (Å²) in [6, 6.07) is 3.07. The summed E-state index contributed by atoms with van der Waals surface area (Å²) < 4.78 is 2.23. The summed E-state index contributed by atoms with van der Waals surface area (Å²) in [5.74, 6) is -0.216. The molecule has 0 atom stereocenters. The fourth-order valence-electron chi connectivity index (χ4n) is 1.90. The number of hydrogen-bond donors (Lipinski definition) is 0. The number of nitrogens with zero attached hydrogens (tertiary/aromatic N) is 2. The van der Waals surface area contributed by atoms with Crippen LogP contribution in [-0.2, 0) is 13.6 Å². The molecule has 0 unspecified atom stereocenters. The highest BCUT2D eigenvalue weighted by Crippen LogP contribution is 2.21. The summed E-state index contributed by atoms with van der Waals surface area (Å²) in [5.41, 5.74) is -0.355. The van der Waals surface area contributed by atoms with Crippen LogP contribution >= 0.6 is 11.3 Å². The van der Waals surface area contributed by atoms with E-state index < -0.39 is 11.2 Å². The molecule has 0 fully saturated rings. The van der Waals surface area contributed by atoms with Crippen molar-refractivity contribution >= 4 is 17.1 Å². The number of carbonyl (C=O) groups excluding carboxylic acids is 1. The first-order valence-corrected chi connectivity index (χ1v) is 6.58. The second kappa shape index (κ2) is 4.97. The highest BCUT2D eigenvalue weighted by atomic mass is 32.1. The lowest BCUT2D eigenvalue weighted by Gasteiger charge is -2.05. The van der Waals surface area contributed by atoms with E-state index in [2.05, 4.69) is 0 Å². The quantitative estimate of drug-likeness (QED) is 0.790. The van der Waals surface area contributed by atoms with Crippen LogP contribution < -0.4 is 11.2 Å². The molecule has 0 amide bonds. The van der Waals surface area contributed by atoms with Gasteiger partial charge in [0.2, 0.25) is 0 Å². The van der Waals surface area contributed by atoms with E-state index in [9.17, 15) is 14.4 Å². The number of hydrogen-bond acceptors (Lipinski definition) is 4. The zero-order valence-electron chi connectivity index (χ0n) is 11.0. The van der Waals surface area contributed by atoms with Crippen LogP contribution in [0.3, 0.4) is 0 Å². The van der Waals surface area contributed by atoms with E-state index in [0.29, 0.717) is 5.56 Å². The number of rotatable bonds is 3. The van der Waals surface area contributed by atoms with Crippen molar-refractivity contribution in [3.8, 4) is 0 Å². The van der Waals surface area contributed by atoms with Gasteiger partial charge in [-0.3, -0.25) is 14.2 Å². The number of Topliss-reactive ketones (excluding diaryl/α,β-unsaturated/α-hetero) is 1. The molecule has 0 aliphatic carbocycles. The van der Waals surface area contributed by atoms with Crippen LogP contribution in [0.1, 0.15) is 20.1 Å². The van der Waals surface area contributed by atoms with Gasteiger partial charge in [0.05, 0.1) is 6.54 Å². The first kappa shape index (κ1) is 13.5. The van der Waals surface area contributed by atoms with E-state index >= 15 is 0 Å². The van der Waals surface area contributed by atoms with Gasteiger partial charge in [-0.05, 0) is 19.9 Å². The number of aryl methyl sites for hydroxylation is 3. The molecule has 0 aromatic carbocycles. The van der Waals surface area contributed by atoms with Crippen molar-refractivity contribution in [3.63, 3.8) is 0 Å². The summed E-state index contributed by atoms with van der Waals surface area (Å²) >= 11 is 1.53. The standard InChI is InChI=1S/C13H14N2O3S/c1-8-6-10(9(2)19-8)11(16)7-15-12(17)4-5-14(3)13(15)18/h4-6H,7H2,1-3H3. The van der Waals surface area contributed by atoms with Gasteiger partial charge >= 0.3 is 5.69 Å². The number of thiophene rings is 1. The van der Waals surface area contributed by atoms with Crippen LogP contribution in [-0.4, -0.2) is 14.9 Å². The van der Waals surface area contributed by atoms with Gasteiger partial charge in [-0.1, -0.05) is 0 Å². The fraction of sp³-hybridized carbons (Fsp3) is 0.308. The minimum atomic E-state index is -0.481. The van der Waals surface area contributed by atoms with Crippen molar-refractivity contribution in [2.75, 3.05) is 0 Å². The van der Waals surface area contributed by atoms with Gasteiger partial charge in [0.1, 0.15) is 0 Å². The molecule has 0 aliphatic heterocycles. The second-order valence-electron chi connectivity index (χ2n) is 4.38. The van der Waals surface area contributed by atoms with Crippen LogP contribution in [0.4, 0.5) is 0 Å². The van der Waals surface area contributed by atoms with Crippen molar-refractivity contribution < 1.29 is 4.79 Å². The van der Waals surface area contributed by atoms with Crippen LogP contribution in [0, 0.1) is 13.8 Å². The molecule has 0 spiro atoms. The monoisotopic (exact) mass is 278 g/mol. The third kappa shape index (κ3) is 2.58. The third-order valence-corrected chi connectivity index (χ3v) is 3.85. The molecule has 0 bridgehead atoms. The maximum absolute atomic E-state index is 12.2. The van der Waals surface area contributed by atoms with Crippen LogP contribution in [0.25, 0.3) is 0 Å². The summed E-state index contributed by atoms with van der Waals surface area (Å²) in [6.45, 7) is 3.56. The van der Waals surface area contributed by atoms with Gasteiger partial charge in [0, 0.05) is 34.6 Å². The van der Waals surface area contributed by atoms with Gasteiger partial charge in [-0.25, -0.2) is 4.79 Å². The zero-order valence-corrected chi connectivity index (χ0v) is 11.8. The first-order chi connectivity index (χ1) is 8.90. The van der Waals surface area contributed by atoms with E-state index in [1.165, 1.54) is 28.2 Å². The normalized spacial score (nSPS) is 10.7. The lowest BCUT2D eigenvalue weighted by atomic mass is 10.1. The van der Waals surface area contributed by atoms with Gasteiger partial charge in [-0.2, -0.15) is 0 Å². The predicted molar refractivity (Wildman–Crippen MR) is 74.1 cm³/mol. The van der Waals surface area contributed by atoms with Gasteiger partial charge < -0.3 is 4.57 Å². The van der Waals surface area contributed by atoms with E-state index in [0.717, 1.165) is 14.3 Å². The average molecular weight is 278 g/mol. The Balaban J connectivity index is 2.40. The molecule has 2 aromatic rings. The smallest absolute Gasteiger partial charge is 0.303 e. The molecule has 2 heterocycles. The highest BCUT2D eigenvalue weighted by molar-refractivity contribution is 7.12. The molecule has 19 heavy (non-hydrogen) atoms. The summed E-state index contributed by atoms with van der Waals surface area (Å²) in [4.78, 5) is 37.6. The Morgan fingerprint density at radius 3 is 2.58 bits per heavy atom. The Bertz CT molecular complexity index is 752. The van der Waals surface area contributed by atoms with Crippen LogP contribution in [0.15, 0.2) is 27.9 Å². The molecule has 100 valence electrons. The number of ketones is 1. The molecule has 0 N–H and O–H groups in total. The van der Waals surface area contributed by atoms with Crippen molar-refractivity contribution in [2.24, 2.45) is 7.05 Å². The largest absolute Gasteiger partial charge is 0.331 e. The molecule has 0 saturated heterocycles. The lowest BCUT2D eigenvalue weighted by molar-refractivity contribution is 0.0968. The van der Waals surface area contributed by atoms with Crippen molar-refractivity contribution in [2.45, 2.75) is 20.4 Å². The van der Waals surface area contributed by atoms with E-state index in [-0.39, 0.29) is 12.3 Å². The second-order valence-corrected chi connectivity index (χ2v) is 5.84. The maximum Gasteiger partial charge on any atom is 0.331 e. The topological polar surface area (TPSA) is 61.1 Å². The molecule has 0 saturated carbocycles. The Labute approximate surface area is 113 Å². The number of aromatic nitrogens is 2. The van der Waals surface area contributed by atoms with Gasteiger partial charge in [0.15, 0.2) is 5.78 Å². The SMILES string of the molecule is Cc1cc(C(=O)Cn2c(=O)ccn(C)c2=O)c(C)s1. The first-order valence-electron chi connectivity index (χ1n) is 5.77. The van der Waals surface area contributed by atoms with Crippen LogP contribution in [0.2, 0.25) is 0 Å². The maximum atomic E-state index is 12.2. The molecule has 5 nitrogen and oxygen atoms in total. The van der Waals surface area contributed by atoms with Crippen molar-refractivity contribution in [1.82, 2.24) is 9.13 Å². The zero-order chi connectivity index (χ0) is 14.2. The van der Waals surface area contributed by atoms with Gasteiger partial charge in [-0.15, -0.1) is 11.3 Å². The highest BCUT2D eigenvalue weighted by Gasteiger charge is 2.14. The molecule has 2 rings (SSSR count). The minimum Gasteiger partial charge on any atom is -0.303 e. The van der Waals surface area contributed by atoms with E-state index in [4.69, 9.17) is 0 Å². The molecule has 0 radical (unpaired) electrons. The Hall–Kier alpha value is -1.95. The fourth-order valence-corrected chi connectivity index (χ4v) is 2.84. The third-order valence-electron chi connectivity index (χ3n) is 2.88. The molecule has 0 aliphatic rings. The van der Waals surface area contributed by atoms with Crippen molar-refractivity contribution in [3.05, 3.63) is 54.5 Å². The van der Waals surface area contributed by atoms with E-state index in [1.54, 1.807) is 13.1 Å². The molecule has 2 aromatic heterocycles. The summed E-state index contributed by atoms with van der Waals surface area (Å²) in [5, 5.41) is 0. The lowest BCUT2D eigenvalue weighted by Crippen LogP contribution is -2.39. The van der Waals surface area contributed by atoms with Gasteiger partial charge in [0.25, 0.3) is 5.56 Å². The molecular weight excluding hydrogens is 264 g/mol.